The van der Waals surface area contributed by atoms with Gasteiger partial charge in [0.25, 0.3) is 0 Å². The van der Waals surface area contributed by atoms with E-state index in [1.807, 2.05) is 0 Å². The van der Waals surface area contributed by atoms with Crippen molar-refractivity contribution in [3.05, 3.63) is 0 Å². The average molecular weight is 225 g/mol. The Bertz CT molecular complexity index is 215. The van der Waals surface area contributed by atoms with E-state index in [0.717, 1.165) is 13.0 Å². The van der Waals surface area contributed by atoms with Gasteiger partial charge in [0.05, 0.1) is 0 Å². The summed E-state index contributed by atoms with van der Waals surface area (Å²) in [5, 5.41) is 0. The fourth-order valence-electron chi connectivity index (χ4n) is 2.54. The lowest BCUT2D eigenvalue weighted by molar-refractivity contribution is -0.136. The maximum atomic E-state index is 12.1. The van der Waals surface area contributed by atoms with Gasteiger partial charge in [0.1, 0.15) is 0 Å². The zero-order valence-electron chi connectivity index (χ0n) is 11.2. The van der Waals surface area contributed by atoms with Crippen LogP contribution in [0, 0.1) is 5.92 Å². The van der Waals surface area contributed by atoms with Crippen molar-refractivity contribution in [2.75, 3.05) is 6.54 Å². The standard InChI is InChI=1S/C14H27NO/c1-4-5-6-7-11-15-13(3)10-8-9-12(2)14(15)16/h12-13H,4-11H2,1-3H3. The molecule has 0 aliphatic carbocycles. The summed E-state index contributed by atoms with van der Waals surface area (Å²) in [6.07, 6.45) is 8.47. The molecule has 16 heavy (non-hydrogen) atoms. The van der Waals surface area contributed by atoms with E-state index in [-0.39, 0.29) is 5.92 Å². The van der Waals surface area contributed by atoms with Gasteiger partial charge in [-0.25, -0.2) is 0 Å². The third-order valence-corrected chi connectivity index (χ3v) is 3.75. The Labute approximate surface area is 100 Å². The van der Waals surface area contributed by atoms with Crippen LogP contribution < -0.4 is 0 Å². The molecular formula is C14H27NO. The quantitative estimate of drug-likeness (QED) is 0.655. The number of nitrogens with zero attached hydrogens (tertiary/aromatic N) is 1. The molecule has 1 amide bonds. The molecule has 0 aromatic carbocycles. The monoisotopic (exact) mass is 225 g/mol. The minimum Gasteiger partial charge on any atom is -0.340 e. The molecule has 1 saturated heterocycles. The normalized spacial score (nSPS) is 26.9. The number of hydrogen-bond donors (Lipinski definition) is 0. The predicted molar refractivity (Wildman–Crippen MR) is 68.3 cm³/mol. The van der Waals surface area contributed by atoms with Crippen LogP contribution in [0.1, 0.15) is 65.7 Å². The van der Waals surface area contributed by atoms with Gasteiger partial charge < -0.3 is 4.90 Å². The number of unbranched alkanes of at least 4 members (excludes halogenated alkanes) is 3. The lowest BCUT2D eigenvalue weighted by Crippen LogP contribution is -2.40. The van der Waals surface area contributed by atoms with Gasteiger partial charge in [-0.3, -0.25) is 4.79 Å². The number of likely N-dealkylation sites (tertiary alicyclic amines) is 1. The molecule has 1 fully saturated rings. The maximum Gasteiger partial charge on any atom is 0.225 e. The molecule has 94 valence electrons. The Kier molecular flexibility index (Phi) is 5.86. The summed E-state index contributed by atoms with van der Waals surface area (Å²) in [6, 6.07) is 0.457. The highest BCUT2D eigenvalue weighted by atomic mass is 16.2. The van der Waals surface area contributed by atoms with Gasteiger partial charge in [0.15, 0.2) is 0 Å². The summed E-state index contributed by atoms with van der Waals surface area (Å²) in [7, 11) is 0. The van der Waals surface area contributed by atoms with Crippen molar-refractivity contribution in [2.24, 2.45) is 5.92 Å². The Balaban J connectivity index is 2.42. The second kappa shape index (κ2) is 6.93. The second-order valence-corrected chi connectivity index (χ2v) is 5.27. The SMILES string of the molecule is CCCCCCN1C(=O)C(C)CCCC1C. The highest BCUT2D eigenvalue weighted by Crippen LogP contribution is 2.22. The van der Waals surface area contributed by atoms with Crippen LogP contribution in [0.15, 0.2) is 0 Å². The van der Waals surface area contributed by atoms with Gasteiger partial charge >= 0.3 is 0 Å². The molecule has 1 aliphatic rings. The molecule has 0 aromatic rings. The largest absolute Gasteiger partial charge is 0.340 e. The van der Waals surface area contributed by atoms with Gasteiger partial charge in [-0.2, -0.15) is 0 Å². The first-order chi connectivity index (χ1) is 7.66. The molecule has 2 nitrogen and oxygen atoms in total. The molecule has 0 saturated carbocycles. The summed E-state index contributed by atoms with van der Waals surface area (Å²) in [5.74, 6) is 0.637. The van der Waals surface area contributed by atoms with E-state index in [0.29, 0.717) is 11.9 Å². The molecule has 0 spiro atoms. The summed E-state index contributed by atoms with van der Waals surface area (Å²) >= 11 is 0. The van der Waals surface area contributed by atoms with Crippen LogP contribution in [0.4, 0.5) is 0 Å². The Morgan fingerprint density at radius 2 is 1.94 bits per heavy atom. The summed E-state index contributed by atoms with van der Waals surface area (Å²) in [5.41, 5.74) is 0. The van der Waals surface area contributed by atoms with E-state index in [1.165, 1.54) is 38.5 Å². The lowest BCUT2D eigenvalue weighted by atomic mass is 10.1. The smallest absolute Gasteiger partial charge is 0.225 e. The van der Waals surface area contributed by atoms with Gasteiger partial charge in [-0.15, -0.1) is 0 Å². The summed E-state index contributed by atoms with van der Waals surface area (Å²) in [4.78, 5) is 14.3. The third kappa shape index (κ3) is 3.80. The number of hydrogen-bond acceptors (Lipinski definition) is 1. The molecule has 2 unspecified atom stereocenters. The average Bonchev–Trinajstić information content (AvgIpc) is 2.38. The summed E-state index contributed by atoms with van der Waals surface area (Å²) < 4.78 is 0. The fourth-order valence-corrected chi connectivity index (χ4v) is 2.54. The van der Waals surface area contributed by atoms with Crippen LogP contribution in [-0.2, 0) is 4.79 Å². The van der Waals surface area contributed by atoms with Crippen molar-refractivity contribution in [3.63, 3.8) is 0 Å². The fraction of sp³-hybridized carbons (Fsp3) is 0.929. The third-order valence-electron chi connectivity index (χ3n) is 3.75. The number of carbonyl (C=O) groups is 1. The zero-order valence-corrected chi connectivity index (χ0v) is 11.2. The second-order valence-electron chi connectivity index (χ2n) is 5.27. The maximum absolute atomic E-state index is 12.1. The number of carbonyl (C=O) groups excluding carboxylic acids is 1. The number of amides is 1. The first-order valence-corrected chi connectivity index (χ1v) is 6.97. The highest BCUT2D eigenvalue weighted by Gasteiger charge is 2.27. The van der Waals surface area contributed by atoms with E-state index >= 15 is 0 Å². The van der Waals surface area contributed by atoms with Crippen molar-refractivity contribution < 1.29 is 4.79 Å². The van der Waals surface area contributed by atoms with Crippen LogP contribution in [0.2, 0.25) is 0 Å². The molecule has 0 radical (unpaired) electrons. The van der Waals surface area contributed by atoms with Crippen LogP contribution in [0.5, 0.6) is 0 Å². The van der Waals surface area contributed by atoms with Crippen LogP contribution in [0.25, 0.3) is 0 Å². The van der Waals surface area contributed by atoms with Gasteiger partial charge in [0, 0.05) is 18.5 Å². The minimum absolute atomic E-state index is 0.246. The molecule has 2 heteroatoms. The molecule has 2 atom stereocenters. The first kappa shape index (κ1) is 13.5. The first-order valence-electron chi connectivity index (χ1n) is 6.97. The van der Waals surface area contributed by atoms with Crippen molar-refractivity contribution >= 4 is 5.91 Å². The Morgan fingerprint density at radius 1 is 1.19 bits per heavy atom. The van der Waals surface area contributed by atoms with Crippen LogP contribution in [0.3, 0.4) is 0 Å². The van der Waals surface area contributed by atoms with Crippen molar-refractivity contribution in [3.8, 4) is 0 Å². The molecule has 1 rings (SSSR count). The van der Waals surface area contributed by atoms with E-state index in [1.54, 1.807) is 0 Å². The number of rotatable bonds is 5. The Morgan fingerprint density at radius 3 is 2.62 bits per heavy atom. The zero-order chi connectivity index (χ0) is 12.0. The van der Waals surface area contributed by atoms with Crippen molar-refractivity contribution in [2.45, 2.75) is 71.8 Å². The predicted octanol–water partition coefficient (Wildman–Crippen LogP) is 3.60. The van der Waals surface area contributed by atoms with Crippen molar-refractivity contribution in [1.29, 1.82) is 0 Å². The van der Waals surface area contributed by atoms with Crippen LogP contribution in [-0.4, -0.2) is 23.4 Å². The summed E-state index contributed by atoms with van der Waals surface area (Å²) in [6.45, 7) is 7.49. The Hall–Kier alpha value is -0.530. The van der Waals surface area contributed by atoms with Gasteiger partial charge in [0.2, 0.25) is 5.91 Å². The van der Waals surface area contributed by atoms with E-state index < -0.39 is 0 Å². The van der Waals surface area contributed by atoms with E-state index in [9.17, 15) is 4.79 Å². The van der Waals surface area contributed by atoms with Gasteiger partial charge in [-0.1, -0.05) is 39.5 Å². The minimum atomic E-state index is 0.246. The highest BCUT2D eigenvalue weighted by molar-refractivity contribution is 5.79. The van der Waals surface area contributed by atoms with E-state index in [4.69, 9.17) is 0 Å². The van der Waals surface area contributed by atoms with Crippen LogP contribution >= 0.6 is 0 Å². The lowest BCUT2D eigenvalue weighted by Gasteiger charge is -2.28. The molecule has 1 heterocycles. The van der Waals surface area contributed by atoms with Gasteiger partial charge in [-0.05, 0) is 26.2 Å². The van der Waals surface area contributed by atoms with Crippen molar-refractivity contribution in [1.82, 2.24) is 4.90 Å². The molecule has 0 aromatic heterocycles. The topological polar surface area (TPSA) is 20.3 Å². The van der Waals surface area contributed by atoms with E-state index in [2.05, 4.69) is 25.7 Å². The molecule has 0 N–H and O–H groups in total. The molecule has 1 aliphatic heterocycles. The molecule has 0 bridgehead atoms. The molecular weight excluding hydrogens is 198 g/mol.